The lowest BCUT2D eigenvalue weighted by atomic mass is 10.2. The molecule has 0 bridgehead atoms. The third-order valence-electron chi connectivity index (χ3n) is 2.99. The molecule has 0 radical (unpaired) electrons. The molecule has 1 aliphatic carbocycles. The maximum Gasteiger partial charge on any atom is 0.119 e. The van der Waals surface area contributed by atoms with E-state index >= 15 is 0 Å². The smallest absolute Gasteiger partial charge is 0.119 e. The van der Waals surface area contributed by atoms with E-state index in [1.54, 1.807) is 0 Å². The molecule has 0 amide bonds. The second-order valence-electron chi connectivity index (χ2n) is 4.64. The van der Waals surface area contributed by atoms with Crippen molar-refractivity contribution < 1.29 is 9.84 Å². The zero-order chi connectivity index (χ0) is 12.1. The number of benzene rings is 1. The maximum absolute atomic E-state index is 9.70. The summed E-state index contributed by atoms with van der Waals surface area (Å²) in [6.45, 7) is 3.10. The van der Waals surface area contributed by atoms with Gasteiger partial charge in [-0.3, -0.25) is 0 Å². The van der Waals surface area contributed by atoms with Crippen LogP contribution in [-0.2, 0) is 6.42 Å². The van der Waals surface area contributed by atoms with Gasteiger partial charge in [0.1, 0.15) is 18.5 Å². The van der Waals surface area contributed by atoms with E-state index in [0.717, 1.165) is 12.2 Å². The quantitative estimate of drug-likeness (QED) is 0.756. The third-order valence-corrected chi connectivity index (χ3v) is 2.99. The Morgan fingerprint density at radius 1 is 1.35 bits per heavy atom. The zero-order valence-electron chi connectivity index (χ0n) is 10.4. The van der Waals surface area contributed by atoms with Gasteiger partial charge in [0.15, 0.2) is 0 Å². The predicted octanol–water partition coefficient (Wildman–Crippen LogP) is 1.74. The molecule has 1 aromatic rings. The third kappa shape index (κ3) is 4.36. The molecule has 0 heterocycles. The minimum Gasteiger partial charge on any atom is -0.491 e. The van der Waals surface area contributed by atoms with Gasteiger partial charge in [-0.15, -0.1) is 0 Å². The fourth-order valence-electron chi connectivity index (χ4n) is 1.66. The number of ether oxygens (including phenoxy) is 1. The van der Waals surface area contributed by atoms with Crippen molar-refractivity contribution in [2.75, 3.05) is 13.2 Å². The van der Waals surface area contributed by atoms with Crippen LogP contribution >= 0.6 is 0 Å². The fourth-order valence-corrected chi connectivity index (χ4v) is 1.66. The van der Waals surface area contributed by atoms with Gasteiger partial charge in [0.25, 0.3) is 0 Å². The van der Waals surface area contributed by atoms with Crippen LogP contribution in [0.5, 0.6) is 5.75 Å². The molecule has 2 rings (SSSR count). The first-order valence-electron chi connectivity index (χ1n) is 6.41. The minimum absolute atomic E-state index is 0.352. The predicted molar refractivity (Wildman–Crippen MR) is 68.3 cm³/mol. The Labute approximate surface area is 103 Å². The number of hydrogen-bond donors (Lipinski definition) is 2. The Bertz CT molecular complexity index is 333. The van der Waals surface area contributed by atoms with Crippen molar-refractivity contribution in [3.05, 3.63) is 29.8 Å². The molecule has 1 fully saturated rings. The lowest BCUT2D eigenvalue weighted by molar-refractivity contribution is 0.106. The summed E-state index contributed by atoms with van der Waals surface area (Å²) in [5, 5.41) is 13.0. The monoisotopic (exact) mass is 235 g/mol. The number of rotatable bonds is 7. The van der Waals surface area contributed by atoms with Crippen LogP contribution in [0.2, 0.25) is 0 Å². The van der Waals surface area contributed by atoms with Crippen LogP contribution in [-0.4, -0.2) is 30.4 Å². The molecule has 17 heavy (non-hydrogen) atoms. The zero-order valence-corrected chi connectivity index (χ0v) is 10.4. The molecule has 0 unspecified atom stereocenters. The molecule has 1 aliphatic rings. The van der Waals surface area contributed by atoms with E-state index in [1.807, 2.05) is 12.1 Å². The Kier molecular flexibility index (Phi) is 4.40. The molecule has 0 spiro atoms. The topological polar surface area (TPSA) is 41.5 Å². The molecular weight excluding hydrogens is 214 g/mol. The first kappa shape index (κ1) is 12.4. The molecule has 0 aliphatic heterocycles. The maximum atomic E-state index is 9.70. The minimum atomic E-state index is -0.429. The van der Waals surface area contributed by atoms with Crippen molar-refractivity contribution in [3.63, 3.8) is 0 Å². The van der Waals surface area contributed by atoms with Gasteiger partial charge in [0.2, 0.25) is 0 Å². The fraction of sp³-hybridized carbons (Fsp3) is 0.571. The number of nitrogens with one attached hydrogen (secondary N) is 1. The normalized spacial score (nSPS) is 16.8. The van der Waals surface area contributed by atoms with E-state index in [9.17, 15) is 5.11 Å². The van der Waals surface area contributed by atoms with E-state index in [0.29, 0.717) is 19.2 Å². The summed E-state index contributed by atoms with van der Waals surface area (Å²) in [6, 6.07) is 8.67. The van der Waals surface area contributed by atoms with Gasteiger partial charge in [-0.1, -0.05) is 19.1 Å². The van der Waals surface area contributed by atoms with E-state index in [-0.39, 0.29) is 0 Å². The van der Waals surface area contributed by atoms with Crippen molar-refractivity contribution >= 4 is 0 Å². The largest absolute Gasteiger partial charge is 0.491 e. The average molecular weight is 235 g/mol. The Hall–Kier alpha value is -1.06. The number of aliphatic hydroxyl groups is 1. The van der Waals surface area contributed by atoms with Crippen LogP contribution < -0.4 is 10.1 Å². The highest BCUT2D eigenvalue weighted by atomic mass is 16.5. The standard InChI is InChI=1S/C14H21NO2/c1-2-11-3-7-14(8-4-11)17-10-13(16)9-15-12-5-6-12/h3-4,7-8,12-13,15-16H,2,5-6,9-10H2,1H3/t13-/m1/s1. The molecule has 0 saturated heterocycles. The van der Waals surface area contributed by atoms with E-state index in [1.165, 1.54) is 18.4 Å². The highest BCUT2D eigenvalue weighted by molar-refractivity contribution is 5.27. The summed E-state index contributed by atoms with van der Waals surface area (Å²) in [6.07, 6.45) is 3.09. The van der Waals surface area contributed by atoms with Gasteiger partial charge in [-0.25, -0.2) is 0 Å². The lowest BCUT2D eigenvalue weighted by Gasteiger charge is -2.13. The summed E-state index contributed by atoms with van der Waals surface area (Å²) in [5.74, 6) is 0.827. The highest BCUT2D eigenvalue weighted by Crippen LogP contribution is 2.18. The van der Waals surface area contributed by atoms with E-state index in [2.05, 4.69) is 24.4 Å². The molecule has 3 heteroatoms. The molecule has 0 aromatic heterocycles. The second-order valence-corrected chi connectivity index (χ2v) is 4.64. The van der Waals surface area contributed by atoms with E-state index < -0.39 is 6.10 Å². The van der Waals surface area contributed by atoms with Crippen LogP contribution in [0.25, 0.3) is 0 Å². The van der Waals surface area contributed by atoms with Crippen molar-refractivity contribution in [1.29, 1.82) is 0 Å². The van der Waals surface area contributed by atoms with E-state index in [4.69, 9.17) is 4.74 Å². The van der Waals surface area contributed by atoms with Crippen molar-refractivity contribution in [2.24, 2.45) is 0 Å². The van der Waals surface area contributed by atoms with Crippen LogP contribution in [0.4, 0.5) is 0 Å². The molecule has 3 nitrogen and oxygen atoms in total. The summed E-state index contributed by atoms with van der Waals surface area (Å²) in [4.78, 5) is 0. The van der Waals surface area contributed by atoms with Gasteiger partial charge in [-0.2, -0.15) is 0 Å². The van der Waals surface area contributed by atoms with Crippen LogP contribution in [0.15, 0.2) is 24.3 Å². The summed E-state index contributed by atoms with van der Waals surface area (Å²) < 4.78 is 5.53. The first-order chi connectivity index (χ1) is 8.28. The SMILES string of the molecule is CCc1ccc(OC[C@H](O)CNC2CC2)cc1. The van der Waals surface area contributed by atoms with Crippen molar-refractivity contribution in [2.45, 2.75) is 38.3 Å². The molecule has 1 atom stereocenters. The Morgan fingerprint density at radius 2 is 2.06 bits per heavy atom. The number of hydrogen-bond acceptors (Lipinski definition) is 3. The summed E-state index contributed by atoms with van der Waals surface area (Å²) in [5.41, 5.74) is 1.30. The second kappa shape index (κ2) is 6.03. The Balaban J connectivity index is 1.68. The Morgan fingerprint density at radius 3 is 2.65 bits per heavy atom. The van der Waals surface area contributed by atoms with Crippen LogP contribution in [0.1, 0.15) is 25.3 Å². The van der Waals surface area contributed by atoms with Gasteiger partial charge >= 0.3 is 0 Å². The van der Waals surface area contributed by atoms with Gasteiger partial charge in [-0.05, 0) is 37.0 Å². The molecule has 2 N–H and O–H groups in total. The first-order valence-corrected chi connectivity index (χ1v) is 6.41. The summed E-state index contributed by atoms with van der Waals surface area (Å²) in [7, 11) is 0. The van der Waals surface area contributed by atoms with Crippen molar-refractivity contribution in [1.82, 2.24) is 5.32 Å². The van der Waals surface area contributed by atoms with Gasteiger partial charge < -0.3 is 15.2 Å². The molecule has 1 saturated carbocycles. The summed E-state index contributed by atoms with van der Waals surface area (Å²) >= 11 is 0. The average Bonchev–Trinajstić information content (AvgIpc) is 3.18. The van der Waals surface area contributed by atoms with Crippen LogP contribution in [0.3, 0.4) is 0 Å². The molecule has 1 aromatic carbocycles. The highest BCUT2D eigenvalue weighted by Gasteiger charge is 2.21. The van der Waals surface area contributed by atoms with Gasteiger partial charge in [0, 0.05) is 12.6 Å². The number of aliphatic hydroxyl groups excluding tert-OH is 1. The molecular formula is C14H21NO2. The van der Waals surface area contributed by atoms with Gasteiger partial charge in [0.05, 0.1) is 0 Å². The van der Waals surface area contributed by atoms with Crippen molar-refractivity contribution in [3.8, 4) is 5.75 Å². The lowest BCUT2D eigenvalue weighted by Crippen LogP contribution is -2.32. The van der Waals surface area contributed by atoms with Crippen LogP contribution in [0, 0.1) is 0 Å². The molecule has 94 valence electrons. The number of aryl methyl sites for hydroxylation is 1.